The number of nitrogens with zero attached hydrogens (tertiary/aromatic N) is 15. The summed E-state index contributed by atoms with van der Waals surface area (Å²) >= 11 is 10.8. The zero-order chi connectivity index (χ0) is 92.2. The van der Waals surface area contributed by atoms with Crippen LogP contribution in [-0.2, 0) is 0 Å². The lowest BCUT2D eigenvalue weighted by Crippen LogP contribution is -2.03. The topological polar surface area (TPSA) is 169 Å². The number of hydrogen-bond acceptors (Lipinski definition) is 18. The minimum atomic E-state index is 0.644. The number of rotatable bonds is 8. The quantitative estimate of drug-likeness (QED) is 0.141. The molecule has 15 nitrogen and oxygen atoms in total. The van der Waals surface area contributed by atoms with E-state index in [1.807, 2.05) is 89.0 Å². The Hall–Kier alpha value is -17.3. The summed E-state index contributed by atoms with van der Waals surface area (Å²) in [5, 5.41) is 24.8. The van der Waals surface area contributed by atoms with Crippen LogP contribution in [0.5, 0.6) is 0 Å². The SMILES string of the molecule is c1ccc(-c2ccc(-c3nc(-n4c5ccccc5c5c6sc7ccccc7c6c6sc7ncncc7c6c54)nc4ccccc34)cc2)cc1.c1ccc(-c2nc(-c3ccc(-n4c5ccccc5c5c6sc7ccccc7c6c6sc7ncncc7c6c54)cc3)nc3ccccc23)cc1.c1ccc(-c2nc(-n3c4ccccc4c4c5sc6ccccc6c5c5sc6ncncc6c5c43)nc3ccccc23)cc1. The molecular formula is C120H65N15S6. The molecule has 0 aliphatic rings. The Morgan fingerprint density at radius 2 is 0.475 bits per heavy atom. The normalized spacial score (nSPS) is 12.1. The van der Waals surface area contributed by atoms with Gasteiger partial charge in [0.2, 0.25) is 11.9 Å². The van der Waals surface area contributed by atoms with E-state index in [2.05, 4.69) is 350 Å². The number of benzene rings is 17. The molecule has 0 N–H and O–H groups in total. The van der Waals surface area contributed by atoms with Crippen LogP contribution in [-0.4, -0.2) is 73.5 Å². The summed E-state index contributed by atoms with van der Waals surface area (Å²) in [6.07, 6.45) is 10.8. The summed E-state index contributed by atoms with van der Waals surface area (Å²) in [5.41, 5.74) is 19.8. The largest absolute Gasteiger partial charge is 0.309 e. The maximum Gasteiger partial charge on any atom is 0.235 e. The number of para-hydroxylation sites is 6. The van der Waals surface area contributed by atoms with Gasteiger partial charge in [-0.15, -0.1) is 68.0 Å². The van der Waals surface area contributed by atoms with Crippen LogP contribution in [0.15, 0.2) is 395 Å². The summed E-state index contributed by atoms with van der Waals surface area (Å²) in [5.74, 6) is 2.01. The fraction of sp³-hybridized carbons (Fsp3) is 0. The molecule has 0 bridgehead atoms. The van der Waals surface area contributed by atoms with E-state index in [1.165, 1.54) is 134 Å². The maximum absolute atomic E-state index is 5.44. The van der Waals surface area contributed by atoms with E-state index in [9.17, 15) is 0 Å². The van der Waals surface area contributed by atoms with E-state index in [1.54, 1.807) is 53.0 Å². The van der Waals surface area contributed by atoms with Gasteiger partial charge in [0, 0.05) is 202 Å². The second-order valence-corrected chi connectivity index (χ2v) is 41.3. The molecule has 141 heavy (non-hydrogen) atoms. The summed E-state index contributed by atoms with van der Waals surface area (Å²) in [6.45, 7) is 0. The van der Waals surface area contributed by atoms with Gasteiger partial charge < -0.3 is 4.57 Å². The number of aromatic nitrogens is 15. The first-order valence-electron chi connectivity index (χ1n) is 46.3. The van der Waals surface area contributed by atoms with E-state index < -0.39 is 0 Å². The molecule has 0 amide bonds. The zero-order valence-electron chi connectivity index (χ0n) is 74.2. The first kappa shape index (κ1) is 79.9. The smallest absolute Gasteiger partial charge is 0.235 e. The lowest BCUT2D eigenvalue weighted by atomic mass is 10.0. The second-order valence-electron chi connectivity index (χ2n) is 35.2. The third kappa shape index (κ3) is 12.2. The fourth-order valence-corrected chi connectivity index (χ4v) is 29.0. The van der Waals surface area contributed by atoms with E-state index in [-0.39, 0.29) is 0 Å². The van der Waals surface area contributed by atoms with Crippen LogP contribution in [0.4, 0.5) is 0 Å². The molecule has 0 spiro atoms. The number of fused-ring (bicyclic) bond motifs is 39. The van der Waals surface area contributed by atoms with Crippen LogP contribution >= 0.6 is 68.0 Å². The third-order valence-electron chi connectivity index (χ3n) is 27.5. The van der Waals surface area contributed by atoms with Crippen LogP contribution in [0, 0.1) is 0 Å². The predicted octanol–water partition coefficient (Wildman–Crippen LogP) is 33.1. The molecule has 32 aromatic rings. The number of hydrogen-bond donors (Lipinski definition) is 0. The molecule has 21 heteroatoms. The van der Waals surface area contributed by atoms with Gasteiger partial charge in [-0.05, 0) is 90.0 Å². The highest BCUT2D eigenvalue weighted by atomic mass is 32.1. The van der Waals surface area contributed by atoms with Crippen LogP contribution in [0.1, 0.15) is 0 Å². The fourth-order valence-electron chi connectivity index (χ4n) is 21.5. The standard InChI is InChI=1S/2C42H23N5S2.C36H19N5S2/c1-2-10-24(11-3-1)37-27-12-4-7-15-31(27)45-41(46-37)25-18-20-26(21-19-25)47-32-16-8-5-13-28(32)34-38(47)35-30-22-43-23-44-42(30)49-40(35)36-29-14-6-9-17-33(29)48-39(34)36;1-2-10-24(11-3-1)25-18-20-26(21-19-25)37-27-12-4-7-15-31(27)45-42(46-37)47-32-16-8-5-13-28(32)34-38(47)35-30-22-43-23-44-41(30)49-40(35)36-29-14-6-9-17-33(29)48-39(34)36;1-2-10-20(11-3-1)31-21-12-4-7-15-25(21)39-36(40-31)41-26-16-8-5-13-22(26)28-32(41)29-24-18-37-19-38-35(24)43-34(29)30-23-14-6-9-17-27(23)42-33(28)30/h2*1-23H;1-19H. The van der Waals surface area contributed by atoms with Crippen molar-refractivity contribution < 1.29 is 0 Å². The molecule has 0 fully saturated rings. The van der Waals surface area contributed by atoms with Gasteiger partial charge in [-0.3, -0.25) is 9.13 Å². The molecule has 0 radical (unpaired) electrons. The van der Waals surface area contributed by atoms with Crippen molar-refractivity contribution in [2.45, 2.75) is 0 Å². The zero-order valence-corrected chi connectivity index (χ0v) is 79.1. The van der Waals surface area contributed by atoms with Crippen molar-refractivity contribution in [2.75, 3.05) is 0 Å². The molecule has 32 rings (SSSR count). The van der Waals surface area contributed by atoms with Crippen molar-refractivity contribution >= 4 is 288 Å². The average Bonchev–Trinajstić information content (AvgIpc) is 1.53. The molecule has 0 aliphatic carbocycles. The van der Waals surface area contributed by atoms with Gasteiger partial charge in [-0.1, -0.05) is 279 Å². The second kappa shape index (κ2) is 31.6. The highest BCUT2D eigenvalue weighted by molar-refractivity contribution is 7.32. The van der Waals surface area contributed by atoms with Gasteiger partial charge in [-0.2, -0.15) is 0 Å². The Labute approximate surface area is 823 Å². The van der Waals surface area contributed by atoms with Crippen molar-refractivity contribution in [1.29, 1.82) is 0 Å². The summed E-state index contributed by atoms with van der Waals surface area (Å²) < 4.78 is 18.4. The Kier molecular flexibility index (Phi) is 17.9. The van der Waals surface area contributed by atoms with Crippen molar-refractivity contribution in [3.8, 4) is 73.9 Å². The van der Waals surface area contributed by atoms with E-state index >= 15 is 0 Å². The van der Waals surface area contributed by atoms with Gasteiger partial charge in [0.15, 0.2) is 5.82 Å². The lowest BCUT2D eigenvalue weighted by Gasteiger charge is -2.13. The van der Waals surface area contributed by atoms with Crippen LogP contribution < -0.4 is 0 Å². The predicted molar refractivity (Wildman–Crippen MR) is 593 cm³/mol. The highest BCUT2D eigenvalue weighted by Gasteiger charge is 2.32. The molecule has 0 saturated heterocycles. The van der Waals surface area contributed by atoms with Gasteiger partial charge in [0.25, 0.3) is 0 Å². The third-order valence-corrected chi connectivity index (χ3v) is 34.5. The Balaban J connectivity index is 0.0000000994. The van der Waals surface area contributed by atoms with E-state index in [0.717, 1.165) is 141 Å². The van der Waals surface area contributed by atoms with Crippen LogP contribution in [0.3, 0.4) is 0 Å². The molecule has 0 unspecified atom stereocenters. The van der Waals surface area contributed by atoms with Crippen molar-refractivity contribution in [3.05, 3.63) is 395 Å². The van der Waals surface area contributed by atoms with E-state index in [0.29, 0.717) is 17.7 Å². The van der Waals surface area contributed by atoms with Gasteiger partial charge in [0.1, 0.15) is 33.5 Å². The first-order valence-corrected chi connectivity index (χ1v) is 51.2. The highest BCUT2D eigenvalue weighted by Crippen LogP contribution is 2.57. The summed E-state index contributed by atoms with van der Waals surface area (Å²) in [6, 6.07) is 126. The Morgan fingerprint density at radius 1 is 0.191 bits per heavy atom. The molecule has 15 aromatic heterocycles. The van der Waals surface area contributed by atoms with Gasteiger partial charge >= 0.3 is 0 Å². The van der Waals surface area contributed by atoms with Gasteiger partial charge in [0.05, 0.1) is 66.7 Å². The molecule has 15 heterocycles. The van der Waals surface area contributed by atoms with Crippen molar-refractivity contribution in [1.82, 2.24) is 73.5 Å². The molecular weight excluding hydrogens is 1840 g/mol. The van der Waals surface area contributed by atoms with Crippen LogP contribution in [0.2, 0.25) is 0 Å². The maximum atomic E-state index is 5.44. The molecule has 17 aromatic carbocycles. The van der Waals surface area contributed by atoms with Gasteiger partial charge in [-0.25, -0.2) is 59.8 Å². The monoisotopic (exact) mass is 1910 g/mol. The summed E-state index contributed by atoms with van der Waals surface area (Å²) in [4.78, 5) is 62.1. The molecule has 656 valence electrons. The minimum absolute atomic E-state index is 0.644. The lowest BCUT2D eigenvalue weighted by molar-refractivity contribution is 1.02. The van der Waals surface area contributed by atoms with E-state index in [4.69, 9.17) is 44.9 Å². The minimum Gasteiger partial charge on any atom is -0.309 e. The number of thiophene rings is 6. The van der Waals surface area contributed by atoms with Crippen LogP contribution in [0.25, 0.3) is 293 Å². The molecule has 0 aliphatic heterocycles. The van der Waals surface area contributed by atoms with Crippen molar-refractivity contribution in [2.24, 2.45) is 0 Å². The molecule has 0 saturated carbocycles. The Bertz CT molecular complexity index is 10800. The van der Waals surface area contributed by atoms with Crippen molar-refractivity contribution in [3.63, 3.8) is 0 Å². The molecule has 0 atom stereocenters. The Morgan fingerprint density at radius 3 is 0.879 bits per heavy atom. The average molecular weight is 1910 g/mol. The summed E-state index contributed by atoms with van der Waals surface area (Å²) in [7, 11) is 0. The first-order chi connectivity index (χ1) is 70.0.